The number of primary amides is 1. The standard InChI is InChI=1S/C18H19N3O3S/c19-16(22)13-6-1-2-7-14(13)20-17(23)12-5-3-9-21(11-12)18(24)15-8-4-10-25-15/h1-2,4,6-8,10,12H,3,5,9,11H2,(H2,19,22)(H,20,23). The number of nitrogens with two attached hydrogens (primary N) is 1. The molecule has 0 spiro atoms. The van der Waals surface area contributed by atoms with Crippen molar-refractivity contribution in [2.45, 2.75) is 12.8 Å². The van der Waals surface area contributed by atoms with Gasteiger partial charge < -0.3 is 16.0 Å². The first-order valence-electron chi connectivity index (χ1n) is 8.08. The zero-order chi connectivity index (χ0) is 17.8. The van der Waals surface area contributed by atoms with Crippen molar-refractivity contribution in [2.75, 3.05) is 18.4 Å². The van der Waals surface area contributed by atoms with Crippen LogP contribution in [0.2, 0.25) is 0 Å². The lowest BCUT2D eigenvalue weighted by Crippen LogP contribution is -2.43. The van der Waals surface area contributed by atoms with Crippen LogP contribution in [0.15, 0.2) is 41.8 Å². The third-order valence-electron chi connectivity index (χ3n) is 4.26. The number of rotatable bonds is 4. The van der Waals surface area contributed by atoms with Crippen LogP contribution in [-0.4, -0.2) is 35.7 Å². The minimum absolute atomic E-state index is 0.0370. The predicted molar refractivity (Wildman–Crippen MR) is 96.5 cm³/mol. The zero-order valence-corrected chi connectivity index (χ0v) is 14.4. The fourth-order valence-corrected chi connectivity index (χ4v) is 3.66. The predicted octanol–water partition coefficient (Wildman–Crippen LogP) is 2.34. The molecule has 25 heavy (non-hydrogen) atoms. The monoisotopic (exact) mass is 357 g/mol. The van der Waals surface area contributed by atoms with Gasteiger partial charge in [0.15, 0.2) is 0 Å². The highest BCUT2D eigenvalue weighted by Crippen LogP contribution is 2.23. The van der Waals surface area contributed by atoms with Gasteiger partial charge in [0.05, 0.1) is 22.0 Å². The molecule has 1 aromatic carbocycles. The fraction of sp³-hybridized carbons (Fsp3) is 0.278. The second-order valence-electron chi connectivity index (χ2n) is 5.97. The highest BCUT2D eigenvalue weighted by Gasteiger charge is 2.29. The number of benzene rings is 1. The number of piperidine rings is 1. The molecule has 1 aliphatic heterocycles. The van der Waals surface area contributed by atoms with Crippen LogP contribution in [-0.2, 0) is 4.79 Å². The summed E-state index contributed by atoms with van der Waals surface area (Å²) in [6, 6.07) is 10.3. The van der Waals surface area contributed by atoms with Crippen molar-refractivity contribution in [2.24, 2.45) is 11.7 Å². The molecule has 1 saturated heterocycles. The molecular formula is C18H19N3O3S. The molecule has 1 aromatic heterocycles. The van der Waals surface area contributed by atoms with E-state index < -0.39 is 5.91 Å². The molecule has 0 bridgehead atoms. The Bertz CT molecular complexity index is 789. The smallest absolute Gasteiger partial charge is 0.263 e. The van der Waals surface area contributed by atoms with Gasteiger partial charge in [-0.3, -0.25) is 14.4 Å². The quantitative estimate of drug-likeness (QED) is 0.879. The van der Waals surface area contributed by atoms with E-state index in [0.717, 1.165) is 6.42 Å². The molecule has 2 heterocycles. The van der Waals surface area contributed by atoms with E-state index in [4.69, 9.17) is 5.73 Å². The minimum atomic E-state index is -0.589. The van der Waals surface area contributed by atoms with Crippen LogP contribution < -0.4 is 11.1 Å². The van der Waals surface area contributed by atoms with Crippen LogP contribution in [0.1, 0.15) is 32.9 Å². The van der Waals surface area contributed by atoms with Gasteiger partial charge in [-0.25, -0.2) is 0 Å². The number of thiophene rings is 1. The molecule has 0 saturated carbocycles. The molecule has 130 valence electrons. The maximum absolute atomic E-state index is 12.6. The summed E-state index contributed by atoms with van der Waals surface area (Å²) in [7, 11) is 0. The first-order valence-corrected chi connectivity index (χ1v) is 8.96. The van der Waals surface area contributed by atoms with Gasteiger partial charge in [-0.1, -0.05) is 18.2 Å². The average molecular weight is 357 g/mol. The van der Waals surface area contributed by atoms with Gasteiger partial charge >= 0.3 is 0 Å². The van der Waals surface area contributed by atoms with Gasteiger partial charge in [-0.15, -0.1) is 11.3 Å². The Morgan fingerprint density at radius 1 is 1.16 bits per heavy atom. The first kappa shape index (κ1) is 17.2. The number of amides is 3. The average Bonchev–Trinajstić information content (AvgIpc) is 3.16. The van der Waals surface area contributed by atoms with E-state index in [1.807, 2.05) is 11.4 Å². The molecule has 2 aromatic rings. The number of hydrogen-bond acceptors (Lipinski definition) is 4. The van der Waals surface area contributed by atoms with Gasteiger partial charge in [-0.05, 0) is 36.4 Å². The van der Waals surface area contributed by atoms with E-state index >= 15 is 0 Å². The Balaban J connectivity index is 1.68. The van der Waals surface area contributed by atoms with Crippen molar-refractivity contribution in [1.82, 2.24) is 4.90 Å². The highest BCUT2D eigenvalue weighted by molar-refractivity contribution is 7.12. The Labute approximate surface area is 149 Å². The molecule has 3 rings (SSSR count). The van der Waals surface area contributed by atoms with Crippen LogP contribution in [0.4, 0.5) is 5.69 Å². The number of anilines is 1. The summed E-state index contributed by atoms with van der Waals surface area (Å²) in [5.74, 6) is -1.13. The summed E-state index contributed by atoms with van der Waals surface area (Å²) >= 11 is 1.40. The molecule has 7 heteroatoms. The highest BCUT2D eigenvalue weighted by atomic mass is 32.1. The second-order valence-corrected chi connectivity index (χ2v) is 6.91. The summed E-state index contributed by atoms with van der Waals surface area (Å²) < 4.78 is 0. The fourth-order valence-electron chi connectivity index (χ4n) is 2.97. The van der Waals surface area contributed by atoms with Gasteiger partial charge in [0.1, 0.15) is 0 Å². The summed E-state index contributed by atoms with van der Waals surface area (Å²) in [4.78, 5) is 38.9. The Morgan fingerprint density at radius 2 is 1.96 bits per heavy atom. The van der Waals surface area contributed by atoms with Crippen molar-refractivity contribution in [3.05, 3.63) is 52.2 Å². The van der Waals surface area contributed by atoms with Crippen LogP contribution in [0.25, 0.3) is 0 Å². The van der Waals surface area contributed by atoms with Crippen molar-refractivity contribution in [3.63, 3.8) is 0 Å². The molecule has 3 amide bonds. The van der Waals surface area contributed by atoms with Gasteiger partial charge in [0.2, 0.25) is 5.91 Å². The summed E-state index contributed by atoms with van der Waals surface area (Å²) in [5.41, 5.74) is 6.02. The Kier molecular flexibility index (Phi) is 5.14. The van der Waals surface area contributed by atoms with Crippen LogP contribution in [0.3, 0.4) is 0 Å². The van der Waals surface area contributed by atoms with E-state index in [1.54, 1.807) is 35.2 Å². The SMILES string of the molecule is NC(=O)c1ccccc1NC(=O)C1CCCN(C(=O)c2cccs2)C1. The molecular weight excluding hydrogens is 338 g/mol. The maximum atomic E-state index is 12.6. The van der Waals surface area contributed by atoms with E-state index in [2.05, 4.69) is 5.32 Å². The van der Waals surface area contributed by atoms with Crippen molar-refractivity contribution < 1.29 is 14.4 Å². The van der Waals surface area contributed by atoms with Crippen LogP contribution in [0.5, 0.6) is 0 Å². The first-order chi connectivity index (χ1) is 12.1. The molecule has 0 aliphatic carbocycles. The Hall–Kier alpha value is -2.67. The van der Waals surface area contributed by atoms with Crippen LogP contribution in [0, 0.1) is 5.92 Å². The number of likely N-dealkylation sites (tertiary alicyclic amines) is 1. The zero-order valence-electron chi connectivity index (χ0n) is 13.6. The second kappa shape index (κ2) is 7.48. The lowest BCUT2D eigenvalue weighted by molar-refractivity contribution is -0.121. The van der Waals surface area contributed by atoms with Crippen molar-refractivity contribution in [1.29, 1.82) is 0 Å². The Morgan fingerprint density at radius 3 is 2.68 bits per heavy atom. The normalized spacial score (nSPS) is 17.1. The topological polar surface area (TPSA) is 92.5 Å². The van der Waals surface area contributed by atoms with Crippen molar-refractivity contribution >= 4 is 34.7 Å². The number of nitrogens with one attached hydrogen (secondary N) is 1. The molecule has 1 unspecified atom stereocenters. The molecule has 3 N–H and O–H groups in total. The lowest BCUT2D eigenvalue weighted by atomic mass is 9.96. The number of carbonyl (C=O) groups is 3. The van der Waals surface area contributed by atoms with Crippen LogP contribution >= 0.6 is 11.3 Å². The number of para-hydroxylation sites is 1. The summed E-state index contributed by atoms with van der Waals surface area (Å²) in [5, 5.41) is 4.64. The van der Waals surface area contributed by atoms with E-state index in [9.17, 15) is 14.4 Å². The van der Waals surface area contributed by atoms with Gasteiger partial charge in [0, 0.05) is 13.1 Å². The van der Waals surface area contributed by atoms with Crippen molar-refractivity contribution in [3.8, 4) is 0 Å². The number of hydrogen-bond donors (Lipinski definition) is 2. The number of carbonyl (C=O) groups excluding carboxylic acids is 3. The maximum Gasteiger partial charge on any atom is 0.263 e. The molecule has 1 atom stereocenters. The third-order valence-corrected chi connectivity index (χ3v) is 5.12. The minimum Gasteiger partial charge on any atom is -0.366 e. The molecule has 1 fully saturated rings. The molecule has 0 radical (unpaired) electrons. The molecule has 1 aliphatic rings. The van der Waals surface area contributed by atoms with E-state index in [-0.39, 0.29) is 23.3 Å². The third kappa shape index (κ3) is 3.88. The molecule has 6 nitrogen and oxygen atoms in total. The van der Waals surface area contributed by atoms with E-state index in [0.29, 0.717) is 30.1 Å². The number of nitrogens with zero attached hydrogens (tertiary/aromatic N) is 1. The van der Waals surface area contributed by atoms with Gasteiger partial charge in [0.25, 0.3) is 11.8 Å². The largest absolute Gasteiger partial charge is 0.366 e. The lowest BCUT2D eigenvalue weighted by Gasteiger charge is -2.31. The van der Waals surface area contributed by atoms with Gasteiger partial charge in [-0.2, -0.15) is 0 Å². The van der Waals surface area contributed by atoms with E-state index in [1.165, 1.54) is 11.3 Å². The summed E-state index contributed by atoms with van der Waals surface area (Å²) in [6.45, 7) is 1.03. The summed E-state index contributed by atoms with van der Waals surface area (Å²) in [6.07, 6.45) is 1.48.